The van der Waals surface area contributed by atoms with Gasteiger partial charge < -0.3 is 5.11 Å². The van der Waals surface area contributed by atoms with Crippen LogP contribution in [0.5, 0.6) is 0 Å². The van der Waals surface area contributed by atoms with Crippen LogP contribution in [0, 0.1) is 5.92 Å². The van der Waals surface area contributed by atoms with Crippen molar-refractivity contribution < 1.29 is 14.7 Å². The first-order valence-corrected chi connectivity index (χ1v) is 7.71. The summed E-state index contributed by atoms with van der Waals surface area (Å²) in [5, 5.41) is 8.64. The normalized spacial score (nSPS) is 10.9. The molecule has 0 rings (SSSR count). The third-order valence-electron chi connectivity index (χ3n) is 3.63. The minimum Gasteiger partial charge on any atom is -0.396 e. The summed E-state index contributed by atoms with van der Waals surface area (Å²) in [6, 6.07) is 0. The van der Waals surface area contributed by atoms with Gasteiger partial charge in [0.2, 0.25) is 0 Å². The number of unbranched alkanes of at least 4 members (excludes halogenated alkanes) is 8. The quantitative estimate of drug-likeness (QED) is 0.410. The van der Waals surface area contributed by atoms with Crippen molar-refractivity contribution >= 4 is 11.6 Å². The predicted molar refractivity (Wildman–Crippen MR) is 78.1 cm³/mol. The zero-order valence-corrected chi connectivity index (χ0v) is 12.6. The van der Waals surface area contributed by atoms with Crippen LogP contribution in [0.4, 0.5) is 0 Å². The van der Waals surface area contributed by atoms with Gasteiger partial charge in [-0.2, -0.15) is 0 Å². The molecule has 0 heterocycles. The lowest BCUT2D eigenvalue weighted by atomic mass is 9.93. The highest BCUT2D eigenvalue weighted by Gasteiger charge is 2.18. The van der Waals surface area contributed by atoms with E-state index in [1.54, 1.807) is 0 Å². The summed E-state index contributed by atoms with van der Waals surface area (Å²) < 4.78 is 0. The van der Waals surface area contributed by atoms with Gasteiger partial charge in [0.25, 0.3) is 0 Å². The van der Waals surface area contributed by atoms with Crippen LogP contribution < -0.4 is 0 Å². The first kappa shape index (κ1) is 18.3. The molecule has 112 valence electrons. The monoisotopic (exact) mass is 270 g/mol. The minimum absolute atomic E-state index is 0.0105. The van der Waals surface area contributed by atoms with E-state index in [1.165, 1.54) is 46.0 Å². The first-order valence-electron chi connectivity index (χ1n) is 7.71. The zero-order valence-electron chi connectivity index (χ0n) is 12.6. The van der Waals surface area contributed by atoms with Crippen molar-refractivity contribution in [2.24, 2.45) is 5.92 Å². The number of aliphatic hydroxyl groups is 1. The van der Waals surface area contributed by atoms with E-state index in [0.29, 0.717) is 6.61 Å². The average Bonchev–Trinajstić information content (AvgIpc) is 2.35. The molecule has 1 N–H and O–H groups in total. The molecule has 0 atom stereocenters. The van der Waals surface area contributed by atoms with Crippen LogP contribution in [0.25, 0.3) is 0 Å². The molecule has 0 radical (unpaired) electrons. The fourth-order valence-electron chi connectivity index (χ4n) is 2.39. The van der Waals surface area contributed by atoms with Crippen LogP contribution in [0.2, 0.25) is 0 Å². The molecule has 19 heavy (non-hydrogen) atoms. The molecule has 0 aromatic rings. The lowest BCUT2D eigenvalue weighted by Gasteiger charge is -2.09. The lowest BCUT2D eigenvalue weighted by molar-refractivity contribution is -0.130. The molecule has 0 amide bonds. The van der Waals surface area contributed by atoms with Crippen LogP contribution in [0.1, 0.15) is 78.1 Å². The van der Waals surface area contributed by atoms with Crippen molar-refractivity contribution in [1.29, 1.82) is 0 Å². The Morgan fingerprint density at radius 3 is 1.47 bits per heavy atom. The van der Waals surface area contributed by atoms with Gasteiger partial charge in [-0.3, -0.25) is 9.59 Å². The van der Waals surface area contributed by atoms with Gasteiger partial charge in [0.15, 0.2) is 0 Å². The van der Waals surface area contributed by atoms with E-state index in [9.17, 15) is 9.59 Å². The summed E-state index contributed by atoms with van der Waals surface area (Å²) in [4.78, 5) is 22.5. The van der Waals surface area contributed by atoms with Crippen molar-refractivity contribution in [1.82, 2.24) is 0 Å². The van der Waals surface area contributed by atoms with Gasteiger partial charge in [-0.05, 0) is 26.7 Å². The van der Waals surface area contributed by atoms with Crippen LogP contribution in [-0.4, -0.2) is 23.3 Å². The molecule has 0 spiro atoms. The number of hydrogen-bond acceptors (Lipinski definition) is 3. The van der Waals surface area contributed by atoms with Gasteiger partial charge >= 0.3 is 0 Å². The van der Waals surface area contributed by atoms with Crippen molar-refractivity contribution in [3.05, 3.63) is 0 Å². The van der Waals surface area contributed by atoms with Crippen LogP contribution >= 0.6 is 0 Å². The molecule has 3 nitrogen and oxygen atoms in total. The Labute approximate surface area is 117 Å². The van der Waals surface area contributed by atoms with Crippen molar-refractivity contribution in [2.75, 3.05) is 6.61 Å². The fourth-order valence-corrected chi connectivity index (χ4v) is 2.39. The minimum atomic E-state index is -0.363. The number of aliphatic hydroxyl groups excluding tert-OH is 1. The van der Waals surface area contributed by atoms with Gasteiger partial charge in [0, 0.05) is 6.61 Å². The lowest BCUT2D eigenvalue weighted by Crippen LogP contribution is -2.19. The molecule has 0 unspecified atom stereocenters. The van der Waals surface area contributed by atoms with Crippen molar-refractivity contribution in [2.45, 2.75) is 78.1 Å². The second kappa shape index (κ2) is 12.3. The largest absolute Gasteiger partial charge is 0.396 e. The molecular formula is C16H30O3. The predicted octanol–water partition coefficient (Wildman–Crippen LogP) is 3.67. The van der Waals surface area contributed by atoms with Crippen LogP contribution in [-0.2, 0) is 9.59 Å². The van der Waals surface area contributed by atoms with Gasteiger partial charge in [0.1, 0.15) is 11.6 Å². The first-order chi connectivity index (χ1) is 9.09. The highest BCUT2D eigenvalue weighted by atomic mass is 16.2. The number of rotatable bonds is 13. The number of carbonyl (C=O) groups excluding carboxylic acids is 2. The Morgan fingerprint density at radius 1 is 0.737 bits per heavy atom. The van der Waals surface area contributed by atoms with Gasteiger partial charge in [-0.1, -0.05) is 51.4 Å². The van der Waals surface area contributed by atoms with E-state index in [4.69, 9.17) is 5.11 Å². The Kier molecular flexibility index (Phi) is 11.9. The maximum absolute atomic E-state index is 11.2. The molecule has 0 fully saturated rings. The SMILES string of the molecule is CC(=O)C(CCCCCCCCCCCO)C(C)=O. The van der Waals surface area contributed by atoms with Gasteiger partial charge in [-0.25, -0.2) is 0 Å². The summed E-state index contributed by atoms with van der Waals surface area (Å²) in [6.07, 6.45) is 11.1. The van der Waals surface area contributed by atoms with E-state index in [0.717, 1.165) is 32.1 Å². The summed E-state index contributed by atoms with van der Waals surface area (Å²) in [5.41, 5.74) is 0. The van der Waals surface area contributed by atoms with E-state index in [1.807, 2.05) is 0 Å². The van der Waals surface area contributed by atoms with Gasteiger partial charge in [0.05, 0.1) is 5.92 Å². The Morgan fingerprint density at radius 2 is 1.11 bits per heavy atom. The summed E-state index contributed by atoms with van der Waals surface area (Å²) in [7, 11) is 0. The zero-order chi connectivity index (χ0) is 14.5. The maximum Gasteiger partial charge on any atom is 0.140 e. The maximum atomic E-state index is 11.2. The van der Waals surface area contributed by atoms with Gasteiger partial charge in [-0.15, -0.1) is 0 Å². The molecule has 0 aromatic heterocycles. The number of hydrogen-bond donors (Lipinski definition) is 1. The second-order valence-corrected chi connectivity index (χ2v) is 5.47. The van der Waals surface area contributed by atoms with Crippen molar-refractivity contribution in [3.63, 3.8) is 0 Å². The van der Waals surface area contributed by atoms with E-state index in [-0.39, 0.29) is 17.5 Å². The van der Waals surface area contributed by atoms with Crippen molar-refractivity contribution in [3.8, 4) is 0 Å². The molecule has 0 saturated carbocycles. The Balaban J connectivity index is 3.35. The summed E-state index contributed by atoms with van der Waals surface area (Å²) in [6.45, 7) is 3.34. The topological polar surface area (TPSA) is 54.4 Å². The van der Waals surface area contributed by atoms with E-state index >= 15 is 0 Å². The average molecular weight is 270 g/mol. The van der Waals surface area contributed by atoms with Crippen LogP contribution in [0.3, 0.4) is 0 Å². The third-order valence-corrected chi connectivity index (χ3v) is 3.63. The Hall–Kier alpha value is -0.700. The van der Waals surface area contributed by atoms with Crippen LogP contribution in [0.15, 0.2) is 0 Å². The molecular weight excluding hydrogens is 240 g/mol. The standard InChI is InChI=1S/C16H30O3/c1-14(18)16(15(2)19)12-10-8-6-4-3-5-7-9-11-13-17/h16-17H,3-13H2,1-2H3. The molecule has 3 heteroatoms. The van der Waals surface area contributed by atoms with E-state index < -0.39 is 0 Å². The highest BCUT2D eigenvalue weighted by Crippen LogP contribution is 2.15. The molecule has 0 aromatic carbocycles. The molecule has 0 aliphatic carbocycles. The fraction of sp³-hybridized carbons (Fsp3) is 0.875. The molecule has 0 aliphatic rings. The molecule has 0 saturated heterocycles. The Bertz CT molecular complexity index is 234. The smallest absolute Gasteiger partial charge is 0.140 e. The summed E-state index contributed by atoms with van der Waals surface area (Å²) in [5.74, 6) is -0.341. The molecule has 0 aliphatic heterocycles. The number of Topliss-reactive ketones (excluding diaryl/α,β-unsaturated/α-hetero) is 2. The van der Waals surface area contributed by atoms with E-state index in [2.05, 4.69) is 0 Å². The summed E-state index contributed by atoms with van der Waals surface area (Å²) >= 11 is 0. The number of ketones is 2. The molecule has 0 bridgehead atoms. The third kappa shape index (κ3) is 10.9. The second-order valence-electron chi connectivity index (χ2n) is 5.47. The highest BCUT2D eigenvalue weighted by molar-refractivity contribution is 6.00. The number of carbonyl (C=O) groups is 2.